The summed E-state index contributed by atoms with van der Waals surface area (Å²) in [7, 11) is 1.21. The van der Waals surface area contributed by atoms with Crippen molar-refractivity contribution in [2.75, 3.05) is 7.11 Å². The van der Waals surface area contributed by atoms with Crippen LogP contribution >= 0.6 is 11.8 Å². The molecule has 0 aromatic heterocycles. The van der Waals surface area contributed by atoms with Crippen LogP contribution in [0.2, 0.25) is 0 Å². The Morgan fingerprint density at radius 2 is 1.80 bits per heavy atom. The maximum atomic E-state index is 12.3. The van der Waals surface area contributed by atoms with Crippen molar-refractivity contribution < 1.29 is 19.1 Å². The average Bonchev–Trinajstić information content (AvgIpc) is 2.64. The summed E-state index contributed by atoms with van der Waals surface area (Å²) in [5.41, 5.74) is 0. The first kappa shape index (κ1) is 17.2. The summed E-state index contributed by atoms with van der Waals surface area (Å²) in [6, 6.07) is 0. The zero-order valence-corrected chi connectivity index (χ0v) is 13.4. The Balaban J connectivity index is 2.47. The number of unbranched alkanes of at least 4 members (excludes halogenated alkanes) is 5. The summed E-state index contributed by atoms with van der Waals surface area (Å²) in [5.74, 6) is -2.22. The molecule has 1 heterocycles. The topological polar surface area (TPSA) is 60.4 Å². The molecule has 0 spiro atoms. The van der Waals surface area contributed by atoms with Gasteiger partial charge in [0.25, 0.3) is 0 Å². The van der Waals surface area contributed by atoms with Gasteiger partial charge in [-0.3, -0.25) is 14.4 Å². The number of carbonyl (C=O) groups is 3. The lowest BCUT2D eigenvalue weighted by molar-refractivity contribution is -0.150. The highest BCUT2D eigenvalue weighted by Gasteiger charge is 2.54. The Labute approximate surface area is 125 Å². The fourth-order valence-corrected chi connectivity index (χ4v) is 3.71. The van der Waals surface area contributed by atoms with Crippen LogP contribution in [0, 0.1) is 5.92 Å². The lowest BCUT2D eigenvalue weighted by Crippen LogP contribution is -2.35. The predicted octanol–water partition coefficient (Wildman–Crippen LogP) is 3.13. The summed E-state index contributed by atoms with van der Waals surface area (Å²) in [6.45, 7) is 3.94. The molecule has 1 fully saturated rings. The van der Waals surface area contributed by atoms with Gasteiger partial charge >= 0.3 is 5.97 Å². The quantitative estimate of drug-likeness (QED) is 0.391. The van der Waals surface area contributed by atoms with Crippen LogP contribution in [0.5, 0.6) is 0 Å². The molecule has 2 atom stereocenters. The van der Waals surface area contributed by atoms with Crippen molar-refractivity contribution in [3.8, 4) is 0 Å². The van der Waals surface area contributed by atoms with E-state index in [9.17, 15) is 14.4 Å². The smallest absolute Gasteiger partial charge is 0.324 e. The van der Waals surface area contributed by atoms with E-state index < -0.39 is 16.6 Å². The highest BCUT2D eigenvalue weighted by atomic mass is 32.2. The van der Waals surface area contributed by atoms with Crippen molar-refractivity contribution in [2.45, 2.75) is 63.5 Å². The summed E-state index contributed by atoms with van der Waals surface area (Å²) in [4.78, 5) is 35.6. The second-order valence-corrected chi connectivity index (χ2v) is 7.00. The first-order chi connectivity index (χ1) is 9.46. The third-order valence-corrected chi connectivity index (χ3v) is 5.08. The lowest BCUT2D eigenvalue weighted by Gasteiger charge is -2.20. The third-order valence-electron chi connectivity index (χ3n) is 3.79. The zero-order chi connectivity index (χ0) is 15.2. The number of ether oxygens (including phenoxy) is 1. The number of methoxy groups -OCH3 is 1. The van der Waals surface area contributed by atoms with Gasteiger partial charge in [0.2, 0.25) is 5.12 Å². The maximum Gasteiger partial charge on any atom is 0.324 e. The monoisotopic (exact) mass is 300 g/mol. The second kappa shape index (κ2) is 7.81. The van der Waals surface area contributed by atoms with Crippen LogP contribution in [0.4, 0.5) is 0 Å². The Morgan fingerprint density at radius 3 is 2.40 bits per heavy atom. The van der Waals surface area contributed by atoms with Gasteiger partial charge in [-0.15, -0.1) is 0 Å². The third kappa shape index (κ3) is 4.08. The highest BCUT2D eigenvalue weighted by molar-refractivity contribution is 8.16. The van der Waals surface area contributed by atoms with Gasteiger partial charge in [0.15, 0.2) is 11.7 Å². The van der Waals surface area contributed by atoms with Crippen LogP contribution in [-0.2, 0) is 19.1 Å². The van der Waals surface area contributed by atoms with Crippen LogP contribution in [0.25, 0.3) is 0 Å². The Hall–Kier alpha value is -0.840. The zero-order valence-electron chi connectivity index (χ0n) is 12.6. The fourth-order valence-electron chi connectivity index (χ4n) is 2.48. The Morgan fingerprint density at radius 1 is 1.20 bits per heavy atom. The van der Waals surface area contributed by atoms with Crippen molar-refractivity contribution in [1.82, 2.24) is 0 Å². The predicted molar refractivity (Wildman–Crippen MR) is 79.5 cm³/mol. The van der Waals surface area contributed by atoms with E-state index in [4.69, 9.17) is 0 Å². The van der Waals surface area contributed by atoms with Gasteiger partial charge in [-0.25, -0.2) is 0 Å². The molecule has 0 bridgehead atoms. The normalized spacial score (nSPS) is 26.1. The minimum Gasteiger partial charge on any atom is -0.468 e. The summed E-state index contributed by atoms with van der Waals surface area (Å²) in [6.07, 6.45) is 7.48. The molecule has 4 nitrogen and oxygen atoms in total. The van der Waals surface area contributed by atoms with E-state index in [0.717, 1.165) is 31.0 Å². The van der Waals surface area contributed by atoms with E-state index in [2.05, 4.69) is 11.7 Å². The molecule has 1 aliphatic heterocycles. The number of esters is 1. The lowest BCUT2D eigenvalue weighted by atomic mass is 9.90. The number of thioether (sulfide) groups is 1. The summed E-state index contributed by atoms with van der Waals surface area (Å²) < 4.78 is 3.79. The van der Waals surface area contributed by atoms with E-state index in [1.165, 1.54) is 26.4 Å². The van der Waals surface area contributed by atoms with E-state index >= 15 is 0 Å². The first-order valence-corrected chi connectivity index (χ1v) is 8.13. The number of hydrogen-bond acceptors (Lipinski definition) is 5. The van der Waals surface area contributed by atoms with Crippen LogP contribution < -0.4 is 0 Å². The summed E-state index contributed by atoms with van der Waals surface area (Å²) in [5, 5.41) is -0.365. The molecule has 0 amide bonds. The molecule has 0 radical (unpaired) electrons. The van der Waals surface area contributed by atoms with Gasteiger partial charge in [-0.2, -0.15) is 0 Å². The molecule has 0 aromatic rings. The molecule has 0 saturated carbocycles. The number of carbonyl (C=O) groups excluding carboxylic acids is 3. The Kier molecular flexibility index (Phi) is 6.72. The molecule has 0 aliphatic carbocycles. The minimum absolute atomic E-state index is 0.284. The molecule has 0 aromatic carbocycles. The van der Waals surface area contributed by atoms with E-state index in [0.29, 0.717) is 6.42 Å². The van der Waals surface area contributed by atoms with Crippen LogP contribution in [-0.4, -0.2) is 28.7 Å². The van der Waals surface area contributed by atoms with Crippen molar-refractivity contribution >= 4 is 28.6 Å². The van der Waals surface area contributed by atoms with Crippen molar-refractivity contribution in [1.29, 1.82) is 0 Å². The van der Waals surface area contributed by atoms with E-state index in [1.807, 2.05) is 0 Å². The van der Waals surface area contributed by atoms with Crippen LogP contribution in [0.1, 0.15) is 58.8 Å². The van der Waals surface area contributed by atoms with Crippen LogP contribution in [0.3, 0.4) is 0 Å². The molecule has 2 unspecified atom stereocenters. The average molecular weight is 300 g/mol. The largest absolute Gasteiger partial charge is 0.468 e. The van der Waals surface area contributed by atoms with E-state index in [1.54, 1.807) is 6.92 Å². The van der Waals surface area contributed by atoms with Crippen molar-refractivity contribution in [2.24, 2.45) is 5.92 Å². The maximum absolute atomic E-state index is 12.3. The molecule has 1 aliphatic rings. The number of rotatable bonds is 8. The fraction of sp³-hybridized carbons (Fsp3) is 0.800. The second-order valence-electron chi connectivity index (χ2n) is 5.49. The minimum atomic E-state index is -1.21. The number of hydrogen-bond donors (Lipinski definition) is 0. The van der Waals surface area contributed by atoms with Gasteiger partial charge in [0.05, 0.1) is 11.9 Å². The van der Waals surface area contributed by atoms with Gasteiger partial charge in [0, 0.05) is 0 Å². The van der Waals surface area contributed by atoms with Crippen molar-refractivity contribution in [3.05, 3.63) is 0 Å². The number of ketones is 1. The van der Waals surface area contributed by atoms with Gasteiger partial charge in [-0.05, 0) is 13.3 Å². The number of Topliss-reactive ketones (excluding diaryl/α,β-unsaturated/α-hetero) is 1. The molecule has 20 heavy (non-hydrogen) atoms. The summed E-state index contributed by atoms with van der Waals surface area (Å²) >= 11 is 1.01. The van der Waals surface area contributed by atoms with Gasteiger partial charge in [0.1, 0.15) is 0 Å². The van der Waals surface area contributed by atoms with Gasteiger partial charge in [-0.1, -0.05) is 57.2 Å². The molecule has 114 valence electrons. The van der Waals surface area contributed by atoms with Crippen molar-refractivity contribution in [3.63, 3.8) is 0 Å². The molecule has 5 heteroatoms. The molecule has 0 N–H and O–H groups in total. The molecular weight excluding hydrogens is 276 g/mol. The molecule has 1 saturated heterocycles. The highest BCUT2D eigenvalue weighted by Crippen LogP contribution is 2.43. The first-order valence-electron chi connectivity index (χ1n) is 7.31. The standard InChI is InChI=1S/C15H24O4S/c1-4-5-6-7-8-9-10-15(2)12(16)11(13(17)19-3)14(18)20-15/h11H,4-10H2,1-3H3. The SMILES string of the molecule is CCCCCCCCC1(C)SC(=O)C(C(=O)OC)C1=O. The van der Waals surface area contributed by atoms with Gasteiger partial charge < -0.3 is 4.74 Å². The molecule has 1 rings (SSSR count). The van der Waals surface area contributed by atoms with Crippen LogP contribution in [0.15, 0.2) is 0 Å². The Bertz CT molecular complexity index is 380. The molecular formula is C15H24O4S. The van der Waals surface area contributed by atoms with E-state index in [-0.39, 0.29) is 10.9 Å².